The van der Waals surface area contributed by atoms with Crippen LogP contribution in [0.5, 0.6) is 0 Å². The van der Waals surface area contributed by atoms with E-state index in [1.54, 1.807) is 6.92 Å². The van der Waals surface area contributed by atoms with Crippen LogP contribution in [0, 0.1) is 0 Å². The number of carbonyl (C=O) groups excluding carboxylic acids is 2. The normalized spacial score (nSPS) is 12.6. The van der Waals surface area contributed by atoms with Crippen LogP contribution < -0.4 is 0 Å². The highest BCUT2D eigenvalue weighted by Gasteiger charge is 2.16. The minimum atomic E-state index is -4.15. The van der Waals surface area contributed by atoms with E-state index < -0.39 is 25.7 Å². The van der Waals surface area contributed by atoms with Gasteiger partial charge in [-0.25, -0.2) is 4.79 Å². The molecule has 0 saturated heterocycles. The summed E-state index contributed by atoms with van der Waals surface area (Å²) in [6, 6.07) is 0. The van der Waals surface area contributed by atoms with Crippen molar-refractivity contribution >= 4 is 19.5 Å². The second-order valence-corrected chi connectivity index (χ2v) is 6.08. The molecule has 0 aromatic carbocycles. The molecule has 1 unspecified atom stereocenters. The molecule has 2 N–H and O–H groups in total. The van der Waals surface area contributed by atoms with E-state index in [1.165, 1.54) is 0 Å². The highest BCUT2D eigenvalue weighted by Crippen LogP contribution is 2.34. The number of unbranched alkanes of at least 4 members (excludes halogenated alkanes) is 1. The van der Waals surface area contributed by atoms with Crippen LogP contribution in [-0.4, -0.2) is 40.6 Å². The van der Waals surface area contributed by atoms with E-state index in [1.807, 2.05) is 0 Å². The molecule has 0 amide bonds. The smallest absolute Gasteiger partial charge is 0.330 e. The molecule has 0 radical (unpaired) electrons. The summed E-state index contributed by atoms with van der Waals surface area (Å²) in [5.41, 5.74) is 0. The van der Waals surface area contributed by atoms with Crippen molar-refractivity contribution in [3.8, 4) is 0 Å². The predicted molar refractivity (Wildman–Crippen MR) is 72.1 cm³/mol. The van der Waals surface area contributed by atoms with Gasteiger partial charge in [-0.3, -0.25) is 9.36 Å². The molecule has 8 heteroatoms. The van der Waals surface area contributed by atoms with E-state index in [9.17, 15) is 14.2 Å². The van der Waals surface area contributed by atoms with Crippen LogP contribution in [0.4, 0.5) is 0 Å². The van der Waals surface area contributed by atoms with Gasteiger partial charge in [-0.1, -0.05) is 6.58 Å². The van der Waals surface area contributed by atoms with Gasteiger partial charge in [-0.05, 0) is 26.2 Å². The van der Waals surface area contributed by atoms with Crippen molar-refractivity contribution < 1.29 is 33.4 Å². The van der Waals surface area contributed by atoms with Crippen LogP contribution >= 0.6 is 7.60 Å². The van der Waals surface area contributed by atoms with Gasteiger partial charge in [-0.2, -0.15) is 0 Å². The van der Waals surface area contributed by atoms with E-state index >= 15 is 0 Å². The van der Waals surface area contributed by atoms with E-state index in [4.69, 9.17) is 19.3 Å². The average molecular weight is 308 g/mol. The number of hydrogen-bond acceptors (Lipinski definition) is 5. The first-order valence-corrected chi connectivity index (χ1v) is 8.07. The fourth-order valence-corrected chi connectivity index (χ4v) is 1.81. The van der Waals surface area contributed by atoms with Crippen molar-refractivity contribution in [3.05, 3.63) is 12.7 Å². The Bertz CT molecular complexity index is 374. The number of hydrogen-bond donors (Lipinski definition) is 2. The minimum absolute atomic E-state index is 0.183. The fraction of sp³-hybridized carbons (Fsp3) is 0.667. The van der Waals surface area contributed by atoms with E-state index in [0.717, 1.165) is 6.08 Å². The van der Waals surface area contributed by atoms with Crippen LogP contribution in [0.1, 0.15) is 32.6 Å². The zero-order chi connectivity index (χ0) is 15.6. The van der Waals surface area contributed by atoms with Gasteiger partial charge < -0.3 is 19.3 Å². The van der Waals surface area contributed by atoms with Gasteiger partial charge in [0.15, 0.2) is 0 Å². The zero-order valence-electron chi connectivity index (χ0n) is 11.5. The highest BCUT2D eigenvalue weighted by molar-refractivity contribution is 7.51. The highest BCUT2D eigenvalue weighted by atomic mass is 31.2. The summed E-state index contributed by atoms with van der Waals surface area (Å²) in [5, 5.41) is 0. The first-order valence-electron chi connectivity index (χ1n) is 6.28. The van der Waals surface area contributed by atoms with Gasteiger partial charge in [0.2, 0.25) is 0 Å². The van der Waals surface area contributed by atoms with E-state index in [2.05, 4.69) is 6.58 Å². The Kier molecular flexibility index (Phi) is 9.12. The van der Waals surface area contributed by atoms with Crippen molar-refractivity contribution in [2.45, 2.75) is 38.7 Å². The lowest BCUT2D eigenvalue weighted by atomic mass is 10.2. The van der Waals surface area contributed by atoms with Crippen molar-refractivity contribution in [3.63, 3.8) is 0 Å². The third kappa shape index (κ3) is 11.9. The Morgan fingerprint density at radius 1 is 1.35 bits per heavy atom. The van der Waals surface area contributed by atoms with Gasteiger partial charge in [0, 0.05) is 6.08 Å². The molecular formula is C12H21O7P. The number of rotatable bonds is 10. The van der Waals surface area contributed by atoms with Crippen molar-refractivity contribution in [1.29, 1.82) is 0 Å². The van der Waals surface area contributed by atoms with Crippen LogP contribution in [0.15, 0.2) is 12.7 Å². The Hall–Kier alpha value is -1.17. The molecule has 0 spiro atoms. The Morgan fingerprint density at radius 3 is 2.55 bits per heavy atom. The summed E-state index contributed by atoms with van der Waals surface area (Å²) in [4.78, 5) is 39.2. The Labute approximate surface area is 118 Å². The molecule has 0 bridgehead atoms. The van der Waals surface area contributed by atoms with Crippen molar-refractivity contribution in [2.75, 3.05) is 12.8 Å². The van der Waals surface area contributed by atoms with Gasteiger partial charge in [0.25, 0.3) is 0 Å². The summed E-state index contributed by atoms with van der Waals surface area (Å²) in [5.74, 6) is -1.10. The van der Waals surface area contributed by atoms with Crippen LogP contribution in [0.25, 0.3) is 0 Å². The number of carbonyl (C=O) groups is 2. The SMILES string of the molecule is C=CC(=O)OC(C)CCCCOC(=O)CCP(=O)(O)O. The molecule has 1 atom stereocenters. The van der Waals surface area contributed by atoms with E-state index in [0.29, 0.717) is 19.3 Å². The molecule has 0 aliphatic rings. The first kappa shape index (κ1) is 18.8. The molecule has 0 fully saturated rings. The second kappa shape index (κ2) is 9.69. The number of esters is 2. The second-order valence-electron chi connectivity index (χ2n) is 4.31. The molecule has 20 heavy (non-hydrogen) atoms. The first-order chi connectivity index (χ1) is 9.24. The Balaban J connectivity index is 3.57. The molecule has 7 nitrogen and oxygen atoms in total. The standard InChI is InChI=1S/C12H21O7P/c1-3-11(13)19-10(2)6-4-5-8-18-12(14)7-9-20(15,16)17/h3,10H,1,4-9H2,2H3,(H2,15,16,17). The van der Waals surface area contributed by atoms with Gasteiger partial charge in [-0.15, -0.1) is 0 Å². The summed E-state index contributed by atoms with van der Waals surface area (Å²) >= 11 is 0. The monoisotopic (exact) mass is 308 g/mol. The third-order valence-corrected chi connectivity index (χ3v) is 3.17. The molecule has 0 rings (SSSR count). The van der Waals surface area contributed by atoms with Crippen LogP contribution in [-0.2, 0) is 23.6 Å². The van der Waals surface area contributed by atoms with Crippen molar-refractivity contribution in [2.24, 2.45) is 0 Å². The zero-order valence-corrected chi connectivity index (χ0v) is 12.4. The van der Waals surface area contributed by atoms with Gasteiger partial charge in [0.1, 0.15) is 0 Å². The topological polar surface area (TPSA) is 110 Å². The molecule has 0 aliphatic heterocycles. The summed E-state index contributed by atoms with van der Waals surface area (Å²) in [6.45, 7) is 5.23. The molecule has 116 valence electrons. The van der Waals surface area contributed by atoms with Crippen LogP contribution in [0.3, 0.4) is 0 Å². The van der Waals surface area contributed by atoms with Crippen molar-refractivity contribution in [1.82, 2.24) is 0 Å². The molecule has 0 saturated carbocycles. The largest absolute Gasteiger partial charge is 0.466 e. The summed E-state index contributed by atoms with van der Waals surface area (Å²) in [6.07, 6.45) is 2.01. The average Bonchev–Trinajstić information content (AvgIpc) is 2.34. The number of ether oxygens (including phenoxy) is 2. The lowest BCUT2D eigenvalue weighted by Crippen LogP contribution is -2.13. The van der Waals surface area contributed by atoms with E-state index in [-0.39, 0.29) is 19.1 Å². The molecule has 0 aromatic rings. The fourth-order valence-electron chi connectivity index (χ4n) is 1.33. The maximum Gasteiger partial charge on any atom is 0.330 e. The molecule has 0 aliphatic carbocycles. The van der Waals surface area contributed by atoms with Crippen LogP contribution in [0.2, 0.25) is 0 Å². The lowest BCUT2D eigenvalue weighted by Gasteiger charge is -2.11. The van der Waals surface area contributed by atoms with Gasteiger partial charge >= 0.3 is 19.5 Å². The maximum absolute atomic E-state index is 11.1. The predicted octanol–water partition coefficient (Wildman–Crippen LogP) is 1.39. The third-order valence-electron chi connectivity index (χ3n) is 2.36. The summed E-state index contributed by atoms with van der Waals surface area (Å²) in [7, 11) is -4.15. The molecule has 0 aromatic heterocycles. The quantitative estimate of drug-likeness (QED) is 0.271. The Morgan fingerprint density at radius 2 is 2.00 bits per heavy atom. The van der Waals surface area contributed by atoms with Gasteiger partial charge in [0.05, 0.1) is 25.3 Å². The maximum atomic E-state index is 11.1. The minimum Gasteiger partial charge on any atom is -0.466 e. The summed E-state index contributed by atoms with van der Waals surface area (Å²) < 4.78 is 20.3. The molecule has 0 heterocycles. The lowest BCUT2D eigenvalue weighted by molar-refractivity contribution is -0.143. The molecular weight excluding hydrogens is 287 g/mol.